The number of imidazole rings is 5. The number of aromatic amines is 5. The molecule has 0 spiro atoms. The molecule has 2 saturated heterocycles. The number of rotatable bonds is 28. The number of halogens is 3. The molecule has 0 aliphatic carbocycles. The maximum Gasteiger partial charge on any atom is 0.171 e. The second-order valence-electron chi connectivity index (χ2n) is 28.9. The molecule has 2 aliphatic rings. The number of quaternary nitrogens is 1. The SMILES string of the molecule is COc1cc(Br)cc(-c2ncc(CN(C)C)[nH]2)c1OC.COc1ccc(Br)cc1-c1ncc(C[NH+](C)C)[nH]1.COc1cccc(-c2ncc(CN(C)Cc3ccccc3)[nH]2)c1OC.COc1ccccc1N1CCN(Cc2cnc(-c3cccc(OC)c3OC)[nH]2)CC1.COc1ccccc1N1CCN(Cc2cnc(-c3ccccc3)[nH]2)CC1.[Cl-]. The molecule has 0 unspecified atom stereocenters. The molecule has 6 N–H and O–H groups in total. The summed E-state index contributed by atoms with van der Waals surface area (Å²) in [5.74, 6) is 10.9. The van der Waals surface area contributed by atoms with Crippen molar-refractivity contribution in [3.63, 3.8) is 0 Å². The summed E-state index contributed by atoms with van der Waals surface area (Å²) in [4.78, 5) is 54.7. The average molecular weight is 1780 g/mol. The molecule has 29 heteroatoms. The Morgan fingerprint density at radius 1 is 0.350 bits per heavy atom. The molecule has 5 aromatic heterocycles. The van der Waals surface area contributed by atoms with Crippen LogP contribution in [0.5, 0.6) is 51.7 Å². The van der Waals surface area contributed by atoms with Crippen LogP contribution in [-0.4, -0.2) is 221 Å². The van der Waals surface area contributed by atoms with Crippen molar-refractivity contribution < 1.29 is 59.9 Å². The fourth-order valence-corrected chi connectivity index (χ4v) is 14.9. The molecule has 120 heavy (non-hydrogen) atoms. The number of hydrogen-bond acceptors (Lipinski definition) is 20. The molecule has 0 saturated carbocycles. The van der Waals surface area contributed by atoms with Crippen molar-refractivity contribution in [2.24, 2.45) is 0 Å². The van der Waals surface area contributed by atoms with E-state index in [0.717, 1.165) is 209 Å². The third-order valence-electron chi connectivity index (χ3n) is 19.8. The summed E-state index contributed by atoms with van der Waals surface area (Å²) < 4.78 is 50.9. The van der Waals surface area contributed by atoms with Crippen LogP contribution < -0.4 is 69.7 Å². The fourth-order valence-electron chi connectivity index (χ4n) is 14.1. The highest BCUT2D eigenvalue weighted by molar-refractivity contribution is 9.10. The predicted molar refractivity (Wildman–Crippen MR) is 478 cm³/mol. The topological polar surface area (TPSA) is 250 Å². The molecule has 26 nitrogen and oxygen atoms in total. The van der Waals surface area contributed by atoms with Crippen LogP contribution in [0, 0.1) is 0 Å². The Balaban J connectivity index is 0.000000159. The van der Waals surface area contributed by atoms with Gasteiger partial charge in [0.1, 0.15) is 52.9 Å². The van der Waals surface area contributed by atoms with Gasteiger partial charge in [0.15, 0.2) is 34.5 Å². The first-order chi connectivity index (χ1) is 57.9. The molecule has 0 atom stereocenters. The van der Waals surface area contributed by atoms with Gasteiger partial charge in [-0.05, 0) is 106 Å². The van der Waals surface area contributed by atoms with E-state index in [2.05, 4.69) is 193 Å². The van der Waals surface area contributed by atoms with Crippen LogP contribution in [0.1, 0.15) is 34.0 Å². The van der Waals surface area contributed by atoms with E-state index in [9.17, 15) is 0 Å². The Bertz CT molecular complexity index is 5260. The van der Waals surface area contributed by atoms with Gasteiger partial charge in [-0.15, -0.1) is 0 Å². The van der Waals surface area contributed by atoms with Crippen LogP contribution in [0.4, 0.5) is 11.4 Å². The Morgan fingerprint density at radius 2 is 0.742 bits per heavy atom. The van der Waals surface area contributed by atoms with Crippen LogP contribution in [0.25, 0.3) is 56.9 Å². The molecular formula is C91H110Br2ClN17O9. The van der Waals surface area contributed by atoms with Crippen molar-refractivity contribution >= 4 is 43.2 Å². The minimum Gasteiger partial charge on any atom is -1.00 e. The van der Waals surface area contributed by atoms with Crippen LogP contribution in [-0.2, 0) is 39.3 Å². The smallest absolute Gasteiger partial charge is 0.171 e. The zero-order chi connectivity index (χ0) is 84.2. The number of methoxy groups -OCH3 is 9. The Labute approximate surface area is 727 Å². The van der Waals surface area contributed by atoms with Gasteiger partial charge in [0.2, 0.25) is 0 Å². The zero-order valence-electron chi connectivity index (χ0n) is 70.8. The largest absolute Gasteiger partial charge is 1.00 e. The standard InChI is InChI=1S/C23H28N4O3.C21H24N4O.C20H23N3O2.C14H18BrN3O2.C13H16BrN3O.ClH/c1-28-20-9-5-4-8-19(20)27-13-11-26(12-14-27)16-17-15-24-23(25-17)18-7-6-10-21(29-2)22(18)30-3;1-26-20-10-6-5-9-19(20)25-13-11-24(12-14-25)16-18-15-22-21(23-18)17-7-3-2-4-8-17;1-23(13-15-8-5-4-6-9-15)14-16-12-21-20(22-16)17-10-7-11-18(24-2)19(17)25-3;1-18(2)8-10-7-16-14(17-10)11-5-9(15)6-12(19-3)13(11)20-4;1-17(2)8-10-7-15-13(16-10)11-6-9(14)4-5-12(11)18-3;/h4-10,15H,11-14,16H2,1-3H3,(H,24,25);2-10,15H,11-14,16H2,1H3,(H,22,23);4-12H,13-14H2,1-3H3,(H,21,22);5-7H,8H2,1-4H3,(H,16,17);4-7H,8H2,1-3H3,(H,15,16);1H. The minimum atomic E-state index is 0. The Morgan fingerprint density at radius 3 is 1.23 bits per heavy atom. The third-order valence-corrected chi connectivity index (χ3v) is 20.7. The summed E-state index contributed by atoms with van der Waals surface area (Å²) in [5.41, 5.74) is 13.8. The first kappa shape index (κ1) is 91.0. The maximum atomic E-state index is 5.54. The minimum absolute atomic E-state index is 0. The van der Waals surface area contributed by atoms with E-state index in [-0.39, 0.29) is 12.4 Å². The summed E-state index contributed by atoms with van der Waals surface area (Å²) in [7, 11) is 25.3. The third kappa shape index (κ3) is 24.9. The number of nitrogens with zero attached hydrogens (tertiary/aromatic N) is 11. The number of piperazine rings is 2. The van der Waals surface area contributed by atoms with E-state index < -0.39 is 0 Å². The first-order valence-corrected chi connectivity index (χ1v) is 40.8. The Kier molecular flexibility index (Phi) is 34.7. The molecule has 13 aromatic rings. The van der Waals surface area contributed by atoms with E-state index in [1.54, 1.807) is 64.0 Å². The van der Waals surface area contributed by atoms with Gasteiger partial charge in [0, 0.05) is 147 Å². The van der Waals surface area contributed by atoms with Crippen molar-refractivity contribution in [3.8, 4) is 109 Å². The Hall–Kier alpha value is -11.3. The molecule has 2 aliphatic heterocycles. The predicted octanol–water partition coefficient (Wildman–Crippen LogP) is 12.0. The molecular weight excluding hydrogens is 1670 g/mol. The lowest BCUT2D eigenvalue weighted by Gasteiger charge is -2.36. The van der Waals surface area contributed by atoms with Crippen LogP contribution in [0.3, 0.4) is 0 Å². The molecule has 0 bridgehead atoms. The van der Waals surface area contributed by atoms with Gasteiger partial charge in [0.05, 0.1) is 124 Å². The van der Waals surface area contributed by atoms with Gasteiger partial charge in [-0.3, -0.25) is 14.7 Å². The van der Waals surface area contributed by atoms with Crippen molar-refractivity contribution in [1.82, 2.24) is 69.4 Å². The summed E-state index contributed by atoms with van der Waals surface area (Å²) in [6.45, 7) is 13.1. The van der Waals surface area contributed by atoms with E-state index in [4.69, 9.17) is 42.6 Å². The molecule has 0 radical (unpaired) electrons. The maximum absolute atomic E-state index is 5.54. The van der Waals surface area contributed by atoms with Crippen LogP contribution >= 0.6 is 31.9 Å². The van der Waals surface area contributed by atoms with E-state index >= 15 is 0 Å². The molecule has 7 heterocycles. The number of hydrogen-bond donors (Lipinski definition) is 6. The summed E-state index contributed by atoms with van der Waals surface area (Å²) in [5, 5.41) is 0. The van der Waals surface area contributed by atoms with Crippen LogP contribution in [0.15, 0.2) is 216 Å². The monoisotopic (exact) mass is 1780 g/mol. The highest BCUT2D eigenvalue weighted by atomic mass is 79.9. The second kappa shape index (κ2) is 45.7. The van der Waals surface area contributed by atoms with Gasteiger partial charge in [-0.1, -0.05) is 129 Å². The molecule has 2 fully saturated rings. The fraction of sp³-hybridized carbons (Fsp3) is 0.308. The van der Waals surface area contributed by atoms with Crippen molar-refractivity contribution in [2.45, 2.75) is 39.3 Å². The molecule has 634 valence electrons. The average Bonchev–Trinajstić information content (AvgIpc) is 1.48. The van der Waals surface area contributed by atoms with Crippen molar-refractivity contribution in [2.75, 3.05) is 161 Å². The number of ether oxygens (including phenoxy) is 9. The molecule has 0 amide bonds. The summed E-state index contributed by atoms with van der Waals surface area (Å²) >= 11 is 6.94. The number of aromatic nitrogens is 10. The van der Waals surface area contributed by atoms with Gasteiger partial charge in [-0.25, -0.2) is 24.9 Å². The number of para-hydroxylation sites is 6. The lowest BCUT2D eigenvalue weighted by Crippen LogP contribution is -3.04. The zero-order valence-corrected chi connectivity index (χ0v) is 74.7. The first-order valence-electron chi connectivity index (χ1n) is 39.2. The van der Waals surface area contributed by atoms with Gasteiger partial charge < -0.3 is 99.6 Å². The summed E-state index contributed by atoms with van der Waals surface area (Å²) in [6.07, 6.45) is 9.44. The molecule has 15 rings (SSSR count). The highest BCUT2D eigenvalue weighted by Gasteiger charge is 2.25. The van der Waals surface area contributed by atoms with Gasteiger partial charge >= 0.3 is 0 Å². The number of H-pyrrole nitrogens is 5. The second-order valence-corrected chi connectivity index (χ2v) is 30.7. The van der Waals surface area contributed by atoms with Crippen molar-refractivity contribution in [1.29, 1.82) is 0 Å². The number of anilines is 2. The van der Waals surface area contributed by atoms with E-state index in [1.165, 1.54) is 16.2 Å². The quantitative estimate of drug-likeness (QED) is 0.0267. The molecule has 8 aromatic carbocycles. The van der Waals surface area contributed by atoms with Gasteiger partial charge in [-0.2, -0.15) is 0 Å². The van der Waals surface area contributed by atoms with E-state index in [0.29, 0.717) is 34.5 Å². The van der Waals surface area contributed by atoms with Gasteiger partial charge in [0.25, 0.3) is 0 Å². The number of nitrogens with one attached hydrogen (secondary N) is 6. The van der Waals surface area contributed by atoms with Crippen LogP contribution in [0.2, 0.25) is 0 Å². The highest BCUT2D eigenvalue weighted by Crippen LogP contribution is 2.42. The lowest BCUT2D eigenvalue weighted by atomic mass is 10.1. The normalized spacial score (nSPS) is 12.7. The van der Waals surface area contributed by atoms with E-state index in [1.807, 2.05) is 160 Å². The lowest BCUT2D eigenvalue weighted by molar-refractivity contribution is -0.873. The van der Waals surface area contributed by atoms with Crippen molar-refractivity contribution in [3.05, 3.63) is 250 Å². The summed E-state index contributed by atoms with van der Waals surface area (Å²) in [6, 6.07) is 58.4. The number of benzene rings is 8.